The van der Waals surface area contributed by atoms with Crippen LogP contribution in [0.3, 0.4) is 0 Å². The summed E-state index contributed by atoms with van der Waals surface area (Å²) in [5.41, 5.74) is -0.0601. The van der Waals surface area contributed by atoms with E-state index in [0.717, 1.165) is 44.9 Å². The Balaban J connectivity index is 4.72. The van der Waals surface area contributed by atoms with Gasteiger partial charge in [0.15, 0.2) is 6.04 Å². The molecule has 180 valence electrons. The Morgan fingerprint density at radius 1 is 0.633 bits per heavy atom. The molecule has 0 aromatic carbocycles. The monoisotopic (exact) mass is 426 g/mol. The van der Waals surface area contributed by atoms with Gasteiger partial charge in [-0.3, -0.25) is 0 Å². The first kappa shape index (κ1) is 29.4. The van der Waals surface area contributed by atoms with Gasteiger partial charge in [0.05, 0.1) is 21.1 Å². The highest BCUT2D eigenvalue weighted by Gasteiger charge is 2.49. The number of likely N-dealkylation sites (N-methyl/N-ethyl adjacent to an activating group) is 1. The zero-order valence-electron chi connectivity index (χ0n) is 21.6. The first-order chi connectivity index (χ1) is 14.2. The molecule has 0 radical (unpaired) electrons. The van der Waals surface area contributed by atoms with Gasteiger partial charge < -0.3 is 9.59 Å². The Labute approximate surface area is 189 Å². The topological polar surface area (TPSA) is 37.3 Å². The molecule has 0 aromatic rings. The fourth-order valence-corrected chi connectivity index (χ4v) is 5.40. The number of hydrogen-bond donors (Lipinski definition) is 1. The minimum Gasteiger partial charge on any atom is -0.477 e. The summed E-state index contributed by atoms with van der Waals surface area (Å²) < 4.78 is 0.529. The third kappa shape index (κ3) is 12.3. The summed E-state index contributed by atoms with van der Waals surface area (Å²) in [6.45, 7) is 6.74. The molecular formula is C27H56NO2+. The maximum atomic E-state index is 12.4. The maximum absolute atomic E-state index is 12.4. The number of aliphatic carboxylic acids is 1. The molecule has 0 spiro atoms. The first-order valence-corrected chi connectivity index (χ1v) is 13.3. The van der Waals surface area contributed by atoms with Crippen molar-refractivity contribution in [2.24, 2.45) is 5.41 Å². The van der Waals surface area contributed by atoms with Crippen molar-refractivity contribution in [1.29, 1.82) is 0 Å². The largest absolute Gasteiger partial charge is 0.477 e. The van der Waals surface area contributed by atoms with E-state index >= 15 is 0 Å². The minimum atomic E-state index is -0.599. The quantitative estimate of drug-likeness (QED) is 0.148. The SMILES string of the molecule is CCCCCCCCCCCCCC(CCCC)(CCCC)C(C(=O)O)[N+](C)(C)C. The van der Waals surface area contributed by atoms with Crippen molar-refractivity contribution >= 4 is 5.97 Å². The number of unbranched alkanes of at least 4 members (excludes halogenated alkanes) is 12. The normalized spacial score (nSPS) is 13.5. The lowest BCUT2D eigenvalue weighted by molar-refractivity contribution is -0.895. The van der Waals surface area contributed by atoms with E-state index in [4.69, 9.17) is 0 Å². The molecule has 0 bridgehead atoms. The summed E-state index contributed by atoms with van der Waals surface area (Å²) in [6.07, 6.45) is 22.6. The highest BCUT2D eigenvalue weighted by Crippen LogP contribution is 2.43. The molecule has 1 N–H and O–H groups in total. The number of quaternary nitrogens is 1. The van der Waals surface area contributed by atoms with Gasteiger partial charge in [-0.1, -0.05) is 117 Å². The summed E-state index contributed by atoms with van der Waals surface area (Å²) in [4.78, 5) is 12.4. The van der Waals surface area contributed by atoms with Crippen molar-refractivity contribution in [3.05, 3.63) is 0 Å². The fraction of sp³-hybridized carbons (Fsp3) is 0.963. The average Bonchev–Trinajstić information content (AvgIpc) is 2.67. The molecule has 0 rings (SSSR count). The number of hydrogen-bond acceptors (Lipinski definition) is 1. The van der Waals surface area contributed by atoms with Crippen LogP contribution in [0.1, 0.15) is 136 Å². The summed E-state index contributed by atoms with van der Waals surface area (Å²) in [6, 6.07) is -0.307. The maximum Gasteiger partial charge on any atom is 0.363 e. The molecular weight excluding hydrogens is 370 g/mol. The van der Waals surface area contributed by atoms with E-state index in [2.05, 4.69) is 41.9 Å². The van der Waals surface area contributed by atoms with Crippen LogP contribution in [-0.4, -0.2) is 42.7 Å². The number of carboxylic acid groups (broad SMARTS) is 1. The van der Waals surface area contributed by atoms with Gasteiger partial charge in [0.2, 0.25) is 0 Å². The highest BCUT2D eigenvalue weighted by atomic mass is 16.4. The number of carboxylic acids is 1. The molecule has 0 amide bonds. The second-order valence-electron chi connectivity index (χ2n) is 10.7. The summed E-state index contributed by atoms with van der Waals surface area (Å²) >= 11 is 0. The standard InChI is InChI=1S/C27H55NO2/c1-7-10-13-14-15-16-17-18-19-20-21-24-27(22-11-8-2,23-12-9-3)25(26(29)30)28(4,5)6/h25H,7-24H2,1-6H3/p+1. The molecule has 0 heterocycles. The minimum absolute atomic E-state index is 0.0601. The Morgan fingerprint density at radius 2 is 0.967 bits per heavy atom. The van der Waals surface area contributed by atoms with E-state index in [-0.39, 0.29) is 11.5 Å². The van der Waals surface area contributed by atoms with Crippen LogP contribution in [0.15, 0.2) is 0 Å². The van der Waals surface area contributed by atoms with Gasteiger partial charge in [0.25, 0.3) is 0 Å². The van der Waals surface area contributed by atoms with Crippen LogP contribution < -0.4 is 0 Å². The van der Waals surface area contributed by atoms with Crippen LogP contribution >= 0.6 is 0 Å². The number of carbonyl (C=O) groups is 1. The van der Waals surface area contributed by atoms with Crippen LogP contribution in [-0.2, 0) is 4.79 Å². The molecule has 0 aromatic heterocycles. The van der Waals surface area contributed by atoms with Crippen molar-refractivity contribution in [3.63, 3.8) is 0 Å². The molecule has 0 saturated carbocycles. The Kier molecular flexibility index (Phi) is 16.7. The lowest BCUT2D eigenvalue weighted by Gasteiger charge is -2.45. The predicted molar refractivity (Wildman–Crippen MR) is 132 cm³/mol. The number of nitrogens with zero attached hydrogens (tertiary/aromatic N) is 1. The van der Waals surface area contributed by atoms with Crippen molar-refractivity contribution < 1.29 is 14.4 Å². The Morgan fingerprint density at radius 3 is 1.30 bits per heavy atom. The van der Waals surface area contributed by atoms with Gasteiger partial charge in [-0.25, -0.2) is 4.79 Å². The molecule has 0 aliphatic rings. The molecule has 1 unspecified atom stereocenters. The van der Waals surface area contributed by atoms with Crippen molar-refractivity contribution in [2.45, 2.75) is 142 Å². The lowest BCUT2D eigenvalue weighted by atomic mass is 9.68. The lowest BCUT2D eigenvalue weighted by Crippen LogP contribution is -2.59. The van der Waals surface area contributed by atoms with Crippen LogP contribution in [0.2, 0.25) is 0 Å². The van der Waals surface area contributed by atoms with Crippen molar-refractivity contribution in [2.75, 3.05) is 21.1 Å². The zero-order valence-corrected chi connectivity index (χ0v) is 21.6. The predicted octanol–water partition coefficient (Wildman–Crippen LogP) is 8.21. The van der Waals surface area contributed by atoms with Gasteiger partial charge in [-0.15, -0.1) is 0 Å². The highest BCUT2D eigenvalue weighted by molar-refractivity contribution is 5.73. The molecule has 3 nitrogen and oxygen atoms in total. The van der Waals surface area contributed by atoms with Crippen LogP contribution in [0.5, 0.6) is 0 Å². The summed E-state index contributed by atoms with van der Waals surface area (Å²) in [7, 11) is 6.23. The third-order valence-electron chi connectivity index (χ3n) is 6.92. The van der Waals surface area contributed by atoms with Gasteiger partial charge in [0, 0.05) is 5.41 Å². The molecule has 0 aliphatic heterocycles. The van der Waals surface area contributed by atoms with Crippen molar-refractivity contribution in [3.8, 4) is 0 Å². The van der Waals surface area contributed by atoms with Crippen LogP contribution in [0.4, 0.5) is 0 Å². The first-order valence-electron chi connectivity index (χ1n) is 13.3. The van der Waals surface area contributed by atoms with E-state index in [9.17, 15) is 9.90 Å². The molecule has 3 heteroatoms. The van der Waals surface area contributed by atoms with Gasteiger partial charge in [0.1, 0.15) is 0 Å². The van der Waals surface area contributed by atoms with Gasteiger partial charge >= 0.3 is 5.97 Å². The molecule has 1 atom stereocenters. The third-order valence-corrected chi connectivity index (χ3v) is 6.92. The molecule has 30 heavy (non-hydrogen) atoms. The molecule has 0 fully saturated rings. The van der Waals surface area contributed by atoms with Gasteiger partial charge in [-0.05, 0) is 19.3 Å². The van der Waals surface area contributed by atoms with E-state index in [0.29, 0.717) is 4.48 Å². The average molecular weight is 427 g/mol. The Hall–Kier alpha value is -0.570. The van der Waals surface area contributed by atoms with Crippen LogP contribution in [0, 0.1) is 5.41 Å². The second-order valence-corrected chi connectivity index (χ2v) is 10.7. The fourth-order valence-electron chi connectivity index (χ4n) is 5.40. The van der Waals surface area contributed by atoms with E-state index < -0.39 is 5.97 Å². The second kappa shape index (κ2) is 17.0. The zero-order chi connectivity index (χ0) is 22.9. The van der Waals surface area contributed by atoms with E-state index in [1.165, 1.54) is 70.6 Å². The van der Waals surface area contributed by atoms with Crippen molar-refractivity contribution in [1.82, 2.24) is 0 Å². The van der Waals surface area contributed by atoms with E-state index in [1.807, 2.05) is 0 Å². The molecule has 0 aliphatic carbocycles. The smallest absolute Gasteiger partial charge is 0.363 e. The van der Waals surface area contributed by atoms with Gasteiger partial charge in [-0.2, -0.15) is 0 Å². The summed E-state index contributed by atoms with van der Waals surface area (Å²) in [5.74, 6) is -0.599. The number of rotatable bonds is 21. The Bertz CT molecular complexity index is 406. The summed E-state index contributed by atoms with van der Waals surface area (Å²) in [5, 5.41) is 10.2. The van der Waals surface area contributed by atoms with Crippen LogP contribution in [0.25, 0.3) is 0 Å². The molecule has 0 saturated heterocycles. The van der Waals surface area contributed by atoms with E-state index in [1.54, 1.807) is 0 Å².